The van der Waals surface area contributed by atoms with Gasteiger partial charge in [-0.05, 0) is 51.1 Å². The molecule has 1 atom stereocenters. The van der Waals surface area contributed by atoms with E-state index in [4.69, 9.17) is 5.73 Å². The number of hydrogen-bond donors (Lipinski definition) is 2. The van der Waals surface area contributed by atoms with Gasteiger partial charge in [0.05, 0.1) is 4.90 Å². The fourth-order valence-electron chi connectivity index (χ4n) is 2.47. The van der Waals surface area contributed by atoms with Crippen molar-refractivity contribution in [3.05, 3.63) is 22.2 Å². The number of nitrogens with one attached hydrogen (secondary N) is 1. The summed E-state index contributed by atoms with van der Waals surface area (Å²) < 4.78 is 28.2. The summed E-state index contributed by atoms with van der Waals surface area (Å²) >= 11 is 3.29. The fraction of sp³-hybridized carbons (Fsp3) is 0.538. The van der Waals surface area contributed by atoms with E-state index in [1.54, 1.807) is 19.1 Å². The predicted octanol–water partition coefficient (Wildman–Crippen LogP) is 1.71. The molecule has 7 heteroatoms. The highest BCUT2D eigenvalue weighted by atomic mass is 79.9. The van der Waals surface area contributed by atoms with Crippen LogP contribution in [0.4, 0.5) is 5.69 Å². The smallest absolute Gasteiger partial charge is 0.240 e. The van der Waals surface area contributed by atoms with Crippen LogP contribution < -0.4 is 10.5 Å². The maximum Gasteiger partial charge on any atom is 0.240 e. The zero-order valence-electron chi connectivity index (χ0n) is 11.7. The molecule has 1 aromatic carbocycles. The number of rotatable bonds is 4. The van der Waals surface area contributed by atoms with E-state index >= 15 is 0 Å². The summed E-state index contributed by atoms with van der Waals surface area (Å²) in [5, 5.41) is 0. The van der Waals surface area contributed by atoms with Crippen molar-refractivity contribution in [2.75, 3.05) is 25.9 Å². The van der Waals surface area contributed by atoms with E-state index in [1.807, 2.05) is 7.05 Å². The molecule has 1 heterocycles. The summed E-state index contributed by atoms with van der Waals surface area (Å²) in [7, 11) is -1.51. The van der Waals surface area contributed by atoms with E-state index in [9.17, 15) is 8.42 Å². The number of likely N-dealkylation sites (tertiary alicyclic amines) is 1. The lowest BCUT2D eigenvalue weighted by Gasteiger charge is -2.20. The Bertz CT molecular complexity index is 604. The van der Waals surface area contributed by atoms with E-state index in [0.29, 0.717) is 22.3 Å². The normalized spacial score (nSPS) is 20.4. The van der Waals surface area contributed by atoms with Crippen molar-refractivity contribution in [2.45, 2.75) is 30.7 Å². The van der Waals surface area contributed by atoms with Crippen LogP contribution in [0, 0.1) is 6.92 Å². The highest BCUT2D eigenvalue weighted by molar-refractivity contribution is 9.10. The van der Waals surface area contributed by atoms with Crippen molar-refractivity contribution in [1.29, 1.82) is 0 Å². The first-order valence-electron chi connectivity index (χ1n) is 6.57. The second-order valence-electron chi connectivity index (χ2n) is 5.25. The summed E-state index contributed by atoms with van der Waals surface area (Å²) in [6, 6.07) is 3.57. The number of anilines is 1. The maximum atomic E-state index is 12.4. The third-order valence-electron chi connectivity index (χ3n) is 3.83. The molecule has 1 fully saturated rings. The predicted molar refractivity (Wildman–Crippen MR) is 84.1 cm³/mol. The van der Waals surface area contributed by atoms with E-state index in [-0.39, 0.29) is 10.9 Å². The van der Waals surface area contributed by atoms with Gasteiger partial charge >= 0.3 is 0 Å². The summed E-state index contributed by atoms with van der Waals surface area (Å²) in [5.74, 6) is 0. The van der Waals surface area contributed by atoms with Gasteiger partial charge in [-0.15, -0.1) is 0 Å². The topological polar surface area (TPSA) is 75.4 Å². The molecular formula is C13H20BrN3O2S. The van der Waals surface area contributed by atoms with Crippen LogP contribution in [0.5, 0.6) is 0 Å². The Morgan fingerprint density at radius 1 is 1.50 bits per heavy atom. The number of hydrogen-bond acceptors (Lipinski definition) is 4. The average Bonchev–Trinajstić information content (AvgIpc) is 2.77. The van der Waals surface area contributed by atoms with Crippen molar-refractivity contribution >= 4 is 31.6 Å². The monoisotopic (exact) mass is 361 g/mol. The molecule has 0 aromatic heterocycles. The number of likely N-dealkylation sites (N-methyl/N-ethyl adjacent to an activating group) is 1. The number of halogens is 1. The molecule has 1 aliphatic heterocycles. The van der Waals surface area contributed by atoms with Gasteiger partial charge in [0.1, 0.15) is 0 Å². The first-order chi connectivity index (χ1) is 9.31. The van der Waals surface area contributed by atoms with Crippen LogP contribution in [0.25, 0.3) is 0 Å². The zero-order chi connectivity index (χ0) is 14.9. The van der Waals surface area contributed by atoms with E-state index in [0.717, 1.165) is 19.4 Å². The molecule has 20 heavy (non-hydrogen) atoms. The number of sulfonamides is 1. The van der Waals surface area contributed by atoms with Gasteiger partial charge in [-0.3, -0.25) is 0 Å². The Hall–Kier alpha value is -0.630. The Labute approximate surface area is 128 Å². The largest absolute Gasteiger partial charge is 0.398 e. The van der Waals surface area contributed by atoms with Crippen LogP contribution in [-0.4, -0.2) is 39.5 Å². The van der Waals surface area contributed by atoms with Crippen LogP contribution in [0.3, 0.4) is 0 Å². The first-order valence-corrected chi connectivity index (χ1v) is 8.84. The van der Waals surface area contributed by atoms with Gasteiger partial charge in [-0.1, -0.05) is 15.9 Å². The highest BCUT2D eigenvalue weighted by Gasteiger charge is 2.24. The van der Waals surface area contributed by atoms with Gasteiger partial charge in [0.15, 0.2) is 0 Å². The first kappa shape index (κ1) is 15.8. The molecule has 5 nitrogen and oxygen atoms in total. The van der Waals surface area contributed by atoms with Crippen molar-refractivity contribution in [3.63, 3.8) is 0 Å². The van der Waals surface area contributed by atoms with Crippen molar-refractivity contribution in [2.24, 2.45) is 0 Å². The second kappa shape index (κ2) is 6.01. The minimum atomic E-state index is -3.53. The summed E-state index contributed by atoms with van der Waals surface area (Å²) in [5.41, 5.74) is 6.88. The molecule has 1 unspecified atom stereocenters. The Morgan fingerprint density at radius 2 is 2.20 bits per heavy atom. The van der Waals surface area contributed by atoms with Crippen LogP contribution >= 0.6 is 15.9 Å². The van der Waals surface area contributed by atoms with E-state index < -0.39 is 10.0 Å². The fourth-order valence-corrected chi connectivity index (χ4v) is 4.47. The number of nitrogens with two attached hydrogens (primary N) is 1. The van der Waals surface area contributed by atoms with E-state index in [2.05, 4.69) is 25.6 Å². The molecule has 0 amide bonds. The molecule has 0 bridgehead atoms. The molecular weight excluding hydrogens is 342 g/mol. The Kier molecular flexibility index (Phi) is 4.73. The Morgan fingerprint density at radius 3 is 2.80 bits per heavy atom. The second-order valence-corrected chi connectivity index (χ2v) is 7.90. The highest BCUT2D eigenvalue weighted by Crippen LogP contribution is 2.26. The average molecular weight is 362 g/mol. The van der Waals surface area contributed by atoms with Crippen LogP contribution in [-0.2, 0) is 10.0 Å². The molecule has 3 N–H and O–H groups in total. The summed E-state index contributed by atoms with van der Waals surface area (Å²) in [6.45, 7) is 3.18. The molecule has 112 valence electrons. The minimum Gasteiger partial charge on any atom is -0.398 e. The molecule has 1 aromatic rings. The standard InChI is InChI=1S/C13H20BrN3O2S/c1-9-12(15)6-10(14)7-13(9)20(18,19)16-8-11-4-3-5-17(11)2/h6-7,11,16H,3-5,8,15H2,1-2H3. The molecule has 0 saturated carbocycles. The number of nitrogens with zero attached hydrogens (tertiary/aromatic N) is 1. The van der Waals surface area contributed by atoms with Gasteiger partial charge in [-0.25, -0.2) is 13.1 Å². The van der Waals surface area contributed by atoms with Crippen molar-refractivity contribution in [3.8, 4) is 0 Å². The summed E-state index contributed by atoms with van der Waals surface area (Å²) in [6.07, 6.45) is 2.14. The Balaban J connectivity index is 2.18. The van der Waals surface area contributed by atoms with Crippen LogP contribution in [0.15, 0.2) is 21.5 Å². The number of benzene rings is 1. The quantitative estimate of drug-likeness (QED) is 0.800. The van der Waals surface area contributed by atoms with Gasteiger partial charge in [-0.2, -0.15) is 0 Å². The molecule has 2 rings (SSSR count). The van der Waals surface area contributed by atoms with Crippen LogP contribution in [0.2, 0.25) is 0 Å². The number of nitrogen functional groups attached to an aromatic ring is 1. The minimum absolute atomic E-state index is 0.241. The molecule has 1 saturated heterocycles. The lowest BCUT2D eigenvalue weighted by molar-refractivity contribution is 0.311. The van der Waals surface area contributed by atoms with Gasteiger partial charge < -0.3 is 10.6 Å². The van der Waals surface area contributed by atoms with Gasteiger partial charge in [0, 0.05) is 22.7 Å². The third-order valence-corrected chi connectivity index (χ3v) is 5.84. The molecule has 0 spiro atoms. The lowest BCUT2D eigenvalue weighted by Crippen LogP contribution is -2.38. The van der Waals surface area contributed by atoms with Crippen molar-refractivity contribution in [1.82, 2.24) is 9.62 Å². The van der Waals surface area contributed by atoms with Gasteiger partial charge in [0.25, 0.3) is 0 Å². The molecule has 0 aliphatic carbocycles. The van der Waals surface area contributed by atoms with Crippen molar-refractivity contribution < 1.29 is 8.42 Å². The lowest BCUT2D eigenvalue weighted by atomic mass is 10.2. The maximum absolute atomic E-state index is 12.4. The molecule has 0 radical (unpaired) electrons. The third kappa shape index (κ3) is 3.33. The van der Waals surface area contributed by atoms with Crippen LogP contribution in [0.1, 0.15) is 18.4 Å². The van der Waals surface area contributed by atoms with Gasteiger partial charge in [0.2, 0.25) is 10.0 Å². The summed E-state index contributed by atoms with van der Waals surface area (Å²) in [4.78, 5) is 2.43. The van der Waals surface area contributed by atoms with E-state index in [1.165, 1.54) is 0 Å². The molecule has 1 aliphatic rings. The zero-order valence-corrected chi connectivity index (χ0v) is 14.1. The SMILES string of the molecule is Cc1c(N)cc(Br)cc1S(=O)(=O)NCC1CCCN1C.